The third-order valence-corrected chi connectivity index (χ3v) is 7.96. The Bertz CT molecular complexity index is 1440. The van der Waals surface area contributed by atoms with Gasteiger partial charge in [-0.3, -0.25) is 4.79 Å². The maximum atomic E-state index is 12.8. The second-order valence-corrected chi connectivity index (χ2v) is 10.0. The summed E-state index contributed by atoms with van der Waals surface area (Å²) in [5, 5.41) is 25.0. The zero-order valence-electron chi connectivity index (χ0n) is 17.8. The summed E-state index contributed by atoms with van der Waals surface area (Å²) >= 11 is 7.92. The van der Waals surface area contributed by atoms with Crippen LogP contribution in [0.4, 0.5) is 5.69 Å². The molecular weight excluding hydrogens is 491 g/mol. The Morgan fingerprint density at radius 1 is 1.12 bits per heavy atom. The highest BCUT2D eigenvalue weighted by Crippen LogP contribution is 2.48. The number of thiophene rings is 1. The normalized spacial score (nSPS) is 17.2. The number of carbonyl (C=O) groups is 1. The topological polar surface area (TPSA) is 82.5 Å². The van der Waals surface area contributed by atoms with E-state index >= 15 is 0 Å². The van der Waals surface area contributed by atoms with E-state index in [1.54, 1.807) is 12.3 Å². The fraction of sp³-hybridized carbons (Fsp3) is 0.154. The zero-order chi connectivity index (χ0) is 22.7. The maximum absolute atomic E-state index is 12.8. The second kappa shape index (κ2) is 8.40. The molecule has 0 atom stereocenters. The summed E-state index contributed by atoms with van der Waals surface area (Å²) in [4.78, 5) is 18.5. The van der Waals surface area contributed by atoms with Crippen LogP contribution in [0.1, 0.15) is 28.8 Å². The van der Waals surface area contributed by atoms with Gasteiger partial charge in [0, 0.05) is 28.1 Å². The van der Waals surface area contributed by atoms with Gasteiger partial charge in [-0.2, -0.15) is 0 Å². The standard InChI is InChI=1S/C26H19ClN2O3S.ClH/c27-19-12-20-18(11-17(19)14-3-5-16(6-4-14)26(13-30)7-8-26)22(24(32)29-20)23(31)21-10-15-2-1-9-28-25(15)33-21;/h1-6,9-12,30-31H,7-8,13H2,(H,29,32);1H/b23-22+;. The molecule has 5 nitrogen and oxygen atoms in total. The van der Waals surface area contributed by atoms with Crippen LogP contribution in [0, 0.1) is 0 Å². The van der Waals surface area contributed by atoms with Crippen molar-refractivity contribution in [2.24, 2.45) is 0 Å². The van der Waals surface area contributed by atoms with Crippen molar-refractivity contribution >= 4 is 68.5 Å². The molecule has 0 radical (unpaired) electrons. The van der Waals surface area contributed by atoms with Crippen LogP contribution in [-0.4, -0.2) is 27.7 Å². The molecular formula is C26H20Cl2N2O3S. The summed E-state index contributed by atoms with van der Waals surface area (Å²) < 4.78 is 0. The quantitative estimate of drug-likeness (QED) is 0.218. The Labute approximate surface area is 211 Å². The minimum Gasteiger partial charge on any atom is -0.506 e. The molecule has 0 unspecified atom stereocenters. The number of benzene rings is 2. The van der Waals surface area contributed by atoms with E-state index in [0.29, 0.717) is 21.2 Å². The second-order valence-electron chi connectivity index (χ2n) is 8.58. The molecule has 0 spiro atoms. The fourth-order valence-corrected chi connectivity index (χ4v) is 5.68. The Balaban J connectivity index is 0.00000241. The van der Waals surface area contributed by atoms with E-state index in [4.69, 9.17) is 11.6 Å². The van der Waals surface area contributed by atoms with Crippen molar-refractivity contribution in [2.45, 2.75) is 18.3 Å². The molecule has 0 saturated heterocycles. The molecule has 1 aliphatic carbocycles. The highest BCUT2D eigenvalue weighted by molar-refractivity contribution is 7.19. The smallest absolute Gasteiger partial charge is 0.260 e. The van der Waals surface area contributed by atoms with Gasteiger partial charge in [0.1, 0.15) is 10.6 Å². The lowest BCUT2D eigenvalue weighted by Crippen LogP contribution is -2.11. The van der Waals surface area contributed by atoms with E-state index in [2.05, 4.69) is 10.3 Å². The Kier molecular flexibility index (Phi) is 5.65. The third-order valence-electron chi connectivity index (χ3n) is 6.58. The number of carbonyl (C=O) groups excluding carboxylic acids is 1. The monoisotopic (exact) mass is 510 g/mol. The number of halogens is 2. The summed E-state index contributed by atoms with van der Waals surface area (Å²) in [5.41, 5.74) is 4.11. The van der Waals surface area contributed by atoms with E-state index < -0.39 is 0 Å². The van der Waals surface area contributed by atoms with Crippen molar-refractivity contribution in [1.82, 2.24) is 4.98 Å². The molecule has 1 amide bonds. The predicted octanol–water partition coefficient (Wildman–Crippen LogP) is 6.44. The number of hydrogen-bond donors (Lipinski definition) is 3. The average molecular weight is 511 g/mol. The van der Waals surface area contributed by atoms with E-state index in [9.17, 15) is 15.0 Å². The fourth-order valence-electron chi connectivity index (χ4n) is 4.45. The van der Waals surface area contributed by atoms with Crippen molar-refractivity contribution in [2.75, 3.05) is 11.9 Å². The van der Waals surface area contributed by atoms with Gasteiger partial charge in [-0.25, -0.2) is 4.98 Å². The predicted molar refractivity (Wildman–Crippen MR) is 140 cm³/mol. The van der Waals surface area contributed by atoms with Gasteiger partial charge in [-0.1, -0.05) is 41.9 Å². The molecule has 1 aliphatic heterocycles. The molecule has 0 bridgehead atoms. The van der Waals surface area contributed by atoms with Crippen molar-refractivity contribution in [3.8, 4) is 11.1 Å². The van der Waals surface area contributed by atoms with Gasteiger partial charge in [-0.05, 0) is 48.2 Å². The molecule has 3 N–H and O–H groups in total. The lowest BCUT2D eigenvalue weighted by atomic mass is 9.93. The molecule has 6 rings (SSSR count). The molecule has 3 heterocycles. The first-order chi connectivity index (χ1) is 16.0. The molecule has 2 aliphatic rings. The first-order valence-corrected chi connectivity index (χ1v) is 11.8. The maximum Gasteiger partial charge on any atom is 0.260 e. The number of aliphatic hydroxyl groups is 2. The van der Waals surface area contributed by atoms with Gasteiger partial charge in [0.15, 0.2) is 0 Å². The first kappa shape index (κ1) is 22.9. The number of pyridine rings is 1. The van der Waals surface area contributed by atoms with Crippen LogP contribution >= 0.6 is 35.3 Å². The van der Waals surface area contributed by atoms with Gasteiger partial charge >= 0.3 is 0 Å². The minimum absolute atomic E-state index is 0. The van der Waals surface area contributed by atoms with Crippen molar-refractivity contribution < 1.29 is 15.0 Å². The first-order valence-electron chi connectivity index (χ1n) is 10.6. The molecule has 1 fully saturated rings. The van der Waals surface area contributed by atoms with E-state index in [-0.39, 0.29) is 41.7 Å². The van der Waals surface area contributed by atoms with Crippen LogP contribution in [0.25, 0.3) is 32.7 Å². The summed E-state index contributed by atoms with van der Waals surface area (Å²) in [6.07, 6.45) is 3.70. The summed E-state index contributed by atoms with van der Waals surface area (Å²) in [7, 11) is 0. The van der Waals surface area contributed by atoms with Gasteiger partial charge < -0.3 is 15.5 Å². The number of aliphatic hydroxyl groups excluding tert-OH is 2. The van der Waals surface area contributed by atoms with Crippen LogP contribution in [0.3, 0.4) is 0 Å². The highest BCUT2D eigenvalue weighted by atomic mass is 35.5. The molecule has 2 aromatic carbocycles. The molecule has 8 heteroatoms. The van der Waals surface area contributed by atoms with Crippen molar-refractivity contribution in [3.05, 3.63) is 81.8 Å². The number of amides is 1. The largest absolute Gasteiger partial charge is 0.506 e. The number of aromatic nitrogens is 1. The van der Waals surface area contributed by atoms with Gasteiger partial charge in [0.2, 0.25) is 0 Å². The van der Waals surface area contributed by atoms with E-state index in [1.165, 1.54) is 11.3 Å². The zero-order valence-corrected chi connectivity index (χ0v) is 20.2. The number of hydrogen-bond acceptors (Lipinski definition) is 5. The lowest BCUT2D eigenvalue weighted by Gasteiger charge is -2.14. The van der Waals surface area contributed by atoms with Crippen LogP contribution < -0.4 is 5.32 Å². The van der Waals surface area contributed by atoms with Gasteiger partial charge in [0.25, 0.3) is 5.91 Å². The summed E-state index contributed by atoms with van der Waals surface area (Å²) in [6, 6.07) is 17.2. The average Bonchev–Trinajstić information content (AvgIpc) is 3.40. The SMILES string of the molecule is Cl.O=C1Nc2cc(Cl)c(-c3ccc(C4(CO)CC4)cc3)cc2/C1=C(\O)c1cc2cccnc2s1. The number of nitrogens with one attached hydrogen (secondary N) is 1. The van der Waals surface area contributed by atoms with Crippen LogP contribution in [0.15, 0.2) is 60.8 Å². The summed E-state index contributed by atoms with van der Waals surface area (Å²) in [5.74, 6) is -0.438. The number of rotatable bonds is 4. The number of fused-ring (bicyclic) bond motifs is 2. The van der Waals surface area contributed by atoms with E-state index in [1.807, 2.05) is 48.5 Å². The number of nitrogens with zero attached hydrogens (tertiary/aromatic N) is 1. The third kappa shape index (κ3) is 3.58. The van der Waals surface area contributed by atoms with Crippen molar-refractivity contribution in [1.29, 1.82) is 0 Å². The molecule has 4 aromatic rings. The molecule has 2 aromatic heterocycles. The molecule has 34 heavy (non-hydrogen) atoms. The summed E-state index contributed by atoms with van der Waals surface area (Å²) in [6.45, 7) is 0.153. The van der Waals surface area contributed by atoms with Crippen LogP contribution in [0.2, 0.25) is 5.02 Å². The lowest BCUT2D eigenvalue weighted by molar-refractivity contribution is -0.110. The molecule has 172 valence electrons. The van der Waals surface area contributed by atoms with Gasteiger partial charge in [-0.15, -0.1) is 23.7 Å². The number of anilines is 1. The van der Waals surface area contributed by atoms with Crippen LogP contribution in [0.5, 0.6) is 0 Å². The Hall–Kier alpha value is -2.90. The Morgan fingerprint density at radius 2 is 1.88 bits per heavy atom. The van der Waals surface area contributed by atoms with Gasteiger partial charge in [0.05, 0.1) is 27.8 Å². The highest BCUT2D eigenvalue weighted by Gasteiger charge is 2.43. The Morgan fingerprint density at radius 3 is 2.56 bits per heavy atom. The molecule has 1 saturated carbocycles. The van der Waals surface area contributed by atoms with Crippen molar-refractivity contribution in [3.63, 3.8) is 0 Å². The van der Waals surface area contributed by atoms with Crippen LogP contribution in [-0.2, 0) is 10.2 Å². The van der Waals surface area contributed by atoms with E-state index in [0.717, 1.165) is 39.7 Å². The minimum atomic E-state index is -0.366.